The molecule has 0 saturated heterocycles. The summed E-state index contributed by atoms with van der Waals surface area (Å²) >= 11 is 6.08. The molecule has 5 rings (SSSR count). The topological polar surface area (TPSA) is 98.6 Å². The van der Waals surface area contributed by atoms with E-state index in [0.29, 0.717) is 17.4 Å². The number of aromatic nitrogens is 6. The molecule has 30 heavy (non-hydrogen) atoms. The lowest BCUT2D eigenvalue weighted by Crippen LogP contribution is -2.22. The van der Waals surface area contributed by atoms with Crippen LogP contribution in [0.2, 0.25) is 5.02 Å². The fourth-order valence-electron chi connectivity index (χ4n) is 3.77. The van der Waals surface area contributed by atoms with E-state index in [2.05, 4.69) is 53.7 Å². The van der Waals surface area contributed by atoms with E-state index in [-0.39, 0.29) is 5.92 Å². The molecule has 0 amide bonds. The highest BCUT2D eigenvalue weighted by molar-refractivity contribution is 6.30. The van der Waals surface area contributed by atoms with Crippen LogP contribution in [0.15, 0.2) is 48.9 Å². The molecule has 4 aromatic rings. The molecule has 1 unspecified atom stereocenters. The van der Waals surface area contributed by atoms with Crippen molar-refractivity contribution in [3.63, 3.8) is 0 Å². The van der Waals surface area contributed by atoms with E-state index in [1.165, 1.54) is 0 Å². The predicted molar refractivity (Wildman–Crippen MR) is 116 cm³/mol. The summed E-state index contributed by atoms with van der Waals surface area (Å²) < 4.78 is 2.11. The molecule has 0 radical (unpaired) electrons. The highest BCUT2D eigenvalue weighted by Gasteiger charge is 2.29. The molecule has 0 fully saturated rings. The fourth-order valence-corrected chi connectivity index (χ4v) is 3.88. The Labute approximate surface area is 178 Å². The number of anilines is 3. The van der Waals surface area contributed by atoms with Crippen LogP contribution in [-0.4, -0.2) is 36.3 Å². The maximum Gasteiger partial charge on any atom is 0.142 e. The van der Waals surface area contributed by atoms with Gasteiger partial charge in [-0.15, -0.1) is 10.2 Å². The minimum atomic E-state index is 0.135. The van der Waals surface area contributed by atoms with Crippen molar-refractivity contribution in [3.8, 4) is 16.9 Å². The Morgan fingerprint density at radius 3 is 2.60 bits per heavy atom. The second-order valence-corrected chi connectivity index (χ2v) is 7.75. The lowest BCUT2D eigenvalue weighted by Gasteiger charge is -2.26. The molecule has 0 aliphatic carbocycles. The first-order valence-electron chi connectivity index (χ1n) is 9.54. The van der Waals surface area contributed by atoms with Gasteiger partial charge >= 0.3 is 0 Å². The molecule has 8 nitrogen and oxygen atoms in total. The molecule has 1 atom stereocenters. The summed E-state index contributed by atoms with van der Waals surface area (Å²) in [5, 5.41) is 9.35. The molecule has 0 spiro atoms. The Bertz CT molecular complexity index is 1220. The predicted octanol–water partition coefficient (Wildman–Crippen LogP) is 3.92. The van der Waals surface area contributed by atoms with Gasteiger partial charge in [0.15, 0.2) is 0 Å². The van der Waals surface area contributed by atoms with Crippen molar-refractivity contribution in [2.75, 3.05) is 17.2 Å². The number of hydrogen-bond donors (Lipinski definition) is 1. The van der Waals surface area contributed by atoms with Crippen molar-refractivity contribution in [2.45, 2.75) is 19.8 Å². The minimum Gasteiger partial charge on any atom is -0.382 e. The van der Waals surface area contributed by atoms with Gasteiger partial charge in [-0.1, -0.05) is 24.6 Å². The van der Waals surface area contributed by atoms with Gasteiger partial charge in [0.05, 0.1) is 34.5 Å². The average molecular weight is 419 g/mol. The molecular weight excluding hydrogens is 400 g/mol. The van der Waals surface area contributed by atoms with Crippen molar-refractivity contribution >= 4 is 28.9 Å². The standard InChI is InChI=1S/C21H19ClN8/c1-12-11-29(20-6-4-15(22)8-26-20)18-7-14(16-9-25-19(23)10-24-16)3-5-17(18)30-13(2)27-28-21(12)30/h3-10,12H,11H2,1-2H3,(H2,23,25). The maximum absolute atomic E-state index is 6.08. The van der Waals surface area contributed by atoms with Crippen LogP contribution in [-0.2, 0) is 0 Å². The van der Waals surface area contributed by atoms with Gasteiger partial charge in [-0.25, -0.2) is 9.97 Å². The van der Waals surface area contributed by atoms with E-state index in [9.17, 15) is 0 Å². The van der Waals surface area contributed by atoms with E-state index < -0.39 is 0 Å². The number of hydrogen-bond acceptors (Lipinski definition) is 7. The zero-order valence-electron chi connectivity index (χ0n) is 16.5. The molecule has 2 N–H and O–H groups in total. The maximum atomic E-state index is 6.08. The second-order valence-electron chi connectivity index (χ2n) is 7.32. The highest BCUT2D eigenvalue weighted by atomic mass is 35.5. The molecule has 3 aromatic heterocycles. The Morgan fingerprint density at radius 1 is 1.00 bits per heavy atom. The second kappa shape index (κ2) is 7.07. The number of benzene rings is 1. The summed E-state index contributed by atoms with van der Waals surface area (Å²) in [5.41, 5.74) is 9.35. The number of rotatable bonds is 2. The number of halogens is 1. The largest absolute Gasteiger partial charge is 0.382 e. The third-order valence-corrected chi connectivity index (χ3v) is 5.43. The lowest BCUT2D eigenvalue weighted by atomic mass is 10.1. The Hall–Kier alpha value is -3.52. The summed E-state index contributed by atoms with van der Waals surface area (Å²) in [6.07, 6.45) is 4.90. The van der Waals surface area contributed by atoms with Crippen LogP contribution in [0.5, 0.6) is 0 Å². The van der Waals surface area contributed by atoms with E-state index in [1.807, 2.05) is 25.1 Å². The third kappa shape index (κ3) is 3.05. The number of fused-ring (bicyclic) bond motifs is 3. The summed E-state index contributed by atoms with van der Waals surface area (Å²) in [6, 6.07) is 9.94. The minimum absolute atomic E-state index is 0.135. The molecule has 150 valence electrons. The monoisotopic (exact) mass is 418 g/mol. The van der Waals surface area contributed by atoms with Gasteiger partial charge in [-0.05, 0) is 31.2 Å². The smallest absolute Gasteiger partial charge is 0.142 e. The van der Waals surface area contributed by atoms with Gasteiger partial charge in [0.1, 0.15) is 23.3 Å². The van der Waals surface area contributed by atoms with E-state index in [1.54, 1.807) is 18.6 Å². The number of nitrogens with zero attached hydrogens (tertiary/aromatic N) is 7. The average Bonchev–Trinajstić information content (AvgIpc) is 3.08. The normalized spacial score (nSPS) is 15.4. The molecular formula is C21H19ClN8. The number of aryl methyl sites for hydroxylation is 1. The van der Waals surface area contributed by atoms with Crippen LogP contribution in [0.25, 0.3) is 16.9 Å². The molecule has 1 aliphatic rings. The summed E-state index contributed by atoms with van der Waals surface area (Å²) in [5.74, 6) is 3.09. The summed E-state index contributed by atoms with van der Waals surface area (Å²) in [7, 11) is 0. The first-order valence-corrected chi connectivity index (χ1v) is 9.92. The van der Waals surface area contributed by atoms with Crippen LogP contribution in [0.1, 0.15) is 24.5 Å². The van der Waals surface area contributed by atoms with E-state index in [0.717, 1.165) is 40.1 Å². The number of pyridine rings is 1. The van der Waals surface area contributed by atoms with Crippen molar-refractivity contribution in [2.24, 2.45) is 0 Å². The SMILES string of the molecule is Cc1nnc2n1-c1ccc(-c3cnc(N)cn3)cc1N(c1ccc(Cl)cn1)CC2C. The van der Waals surface area contributed by atoms with E-state index in [4.69, 9.17) is 17.3 Å². The first kappa shape index (κ1) is 18.5. The van der Waals surface area contributed by atoms with Gasteiger partial charge in [0.25, 0.3) is 0 Å². The molecule has 4 heterocycles. The van der Waals surface area contributed by atoms with Gasteiger partial charge in [0.2, 0.25) is 0 Å². The molecule has 0 saturated carbocycles. The molecule has 9 heteroatoms. The Balaban J connectivity index is 1.73. The van der Waals surface area contributed by atoms with Crippen molar-refractivity contribution in [3.05, 3.63) is 65.6 Å². The highest BCUT2D eigenvalue weighted by Crippen LogP contribution is 2.39. The van der Waals surface area contributed by atoms with Crippen LogP contribution in [0.3, 0.4) is 0 Å². The third-order valence-electron chi connectivity index (χ3n) is 5.21. The van der Waals surface area contributed by atoms with Crippen molar-refractivity contribution < 1.29 is 0 Å². The molecule has 0 bridgehead atoms. The quantitative estimate of drug-likeness (QED) is 0.526. The zero-order chi connectivity index (χ0) is 20.8. The van der Waals surface area contributed by atoms with Crippen molar-refractivity contribution in [1.82, 2.24) is 29.7 Å². The van der Waals surface area contributed by atoms with Crippen LogP contribution in [0, 0.1) is 6.92 Å². The lowest BCUT2D eigenvalue weighted by molar-refractivity contribution is 0.693. The zero-order valence-corrected chi connectivity index (χ0v) is 17.2. The first-order chi connectivity index (χ1) is 14.5. The van der Waals surface area contributed by atoms with Gasteiger partial charge in [-0.3, -0.25) is 9.55 Å². The van der Waals surface area contributed by atoms with Gasteiger partial charge in [-0.2, -0.15) is 0 Å². The summed E-state index contributed by atoms with van der Waals surface area (Å²) in [6.45, 7) is 4.79. The van der Waals surface area contributed by atoms with Crippen LogP contribution >= 0.6 is 11.6 Å². The number of nitrogen functional groups attached to an aromatic ring is 1. The Kier molecular flexibility index (Phi) is 4.36. The van der Waals surface area contributed by atoms with Gasteiger partial charge < -0.3 is 10.6 Å². The Morgan fingerprint density at radius 2 is 1.87 bits per heavy atom. The molecule has 1 aliphatic heterocycles. The number of nitrogens with two attached hydrogens (primary N) is 1. The van der Waals surface area contributed by atoms with Crippen molar-refractivity contribution in [1.29, 1.82) is 0 Å². The fraction of sp³-hybridized carbons (Fsp3) is 0.190. The molecule has 1 aromatic carbocycles. The van der Waals surface area contributed by atoms with Gasteiger partial charge in [0, 0.05) is 24.2 Å². The van der Waals surface area contributed by atoms with Crippen LogP contribution < -0.4 is 10.6 Å². The van der Waals surface area contributed by atoms with E-state index >= 15 is 0 Å². The summed E-state index contributed by atoms with van der Waals surface area (Å²) in [4.78, 5) is 15.3. The van der Waals surface area contributed by atoms with Crippen LogP contribution in [0.4, 0.5) is 17.3 Å².